The van der Waals surface area contributed by atoms with Crippen LogP contribution in [0.2, 0.25) is 0 Å². The van der Waals surface area contributed by atoms with Gasteiger partial charge >= 0.3 is 0 Å². The first-order valence-electron chi connectivity index (χ1n) is 8.07. The number of benzene rings is 2. The fourth-order valence-electron chi connectivity index (χ4n) is 2.95. The zero-order chi connectivity index (χ0) is 18.8. The molecule has 0 heterocycles. The lowest BCUT2D eigenvalue weighted by molar-refractivity contribution is 0.458. The second-order valence-corrected chi connectivity index (χ2v) is 9.78. The van der Waals surface area contributed by atoms with Gasteiger partial charge < -0.3 is 10.2 Å². The number of phenols is 2. The highest BCUT2D eigenvalue weighted by Crippen LogP contribution is 2.45. The van der Waals surface area contributed by atoms with E-state index in [1.54, 1.807) is 0 Å². The van der Waals surface area contributed by atoms with Gasteiger partial charge in [-0.3, -0.25) is 0 Å². The minimum absolute atomic E-state index is 0.202. The van der Waals surface area contributed by atoms with Gasteiger partial charge in [-0.2, -0.15) is 0 Å². The number of unbranched alkanes of at least 4 members (excludes halogenated alkanes) is 2. The molecular weight excluding hydrogens is 580 g/mol. The molecule has 2 rings (SSSR count). The molecule has 0 amide bonds. The summed E-state index contributed by atoms with van der Waals surface area (Å²) in [5, 5.41) is 20.1. The van der Waals surface area contributed by atoms with Crippen LogP contribution in [0.4, 0.5) is 0 Å². The van der Waals surface area contributed by atoms with E-state index in [4.69, 9.17) is 0 Å². The van der Waals surface area contributed by atoms with Crippen molar-refractivity contribution in [3.8, 4) is 11.5 Å². The van der Waals surface area contributed by atoms with E-state index in [1.165, 1.54) is 0 Å². The van der Waals surface area contributed by atoms with Gasteiger partial charge in [-0.1, -0.05) is 33.1 Å². The van der Waals surface area contributed by atoms with Crippen LogP contribution in [0.5, 0.6) is 11.5 Å². The number of phenolic OH excluding ortho intramolecular Hbond substituents is 2. The van der Waals surface area contributed by atoms with Crippen LogP contribution in [-0.4, -0.2) is 10.2 Å². The Morgan fingerprint density at radius 2 is 1.12 bits per heavy atom. The average Bonchev–Trinajstić information content (AvgIpc) is 2.56. The van der Waals surface area contributed by atoms with Crippen LogP contribution >= 0.6 is 63.7 Å². The molecule has 0 aromatic heterocycles. The van der Waals surface area contributed by atoms with Crippen LogP contribution in [-0.2, 0) is 5.41 Å². The van der Waals surface area contributed by atoms with Crippen molar-refractivity contribution in [2.45, 2.75) is 44.9 Å². The van der Waals surface area contributed by atoms with Crippen LogP contribution in [0.15, 0.2) is 42.2 Å². The molecule has 0 bridgehead atoms. The fourth-order valence-corrected chi connectivity index (χ4v) is 5.32. The van der Waals surface area contributed by atoms with Crippen LogP contribution < -0.4 is 0 Å². The normalized spacial score (nSPS) is 11.8. The molecule has 2 N–H and O–H groups in total. The molecule has 2 aromatic carbocycles. The average molecular weight is 600 g/mol. The number of hydrogen-bond acceptors (Lipinski definition) is 2. The molecular formula is C19H20Br4O2. The fraction of sp³-hybridized carbons (Fsp3) is 0.368. The zero-order valence-corrected chi connectivity index (χ0v) is 20.4. The van der Waals surface area contributed by atoms with Crippen molar-refractivity contribution in [3.05, 3.63) is 53.3 Å². The van der Waals surface area contributed by atoms with Gasteiger partial charge in [0.25, 0.3) is 0 Å². The Labute approximate surface area is 182 Å². The molecule has 0 aliphatic carbocycles. The Morgan fingerprint density at radius 3 is 1.44 bits per heavy atom. The van der Waals surface area contributed by atoms with Crippen molar-refractivity contribution >= 4 is 63.7 Å². The van der Waals surface area contributed by atoms with Crippen molar-refractivity contribution in [3.63, 3.8) is 0 Å². The maximum atomic E-state index is 10.1. The van der Waals surface area contributed by atoms with Crippen molar-refractivity contribution in [1.82, 2.24) is 0 Å². The van der Waals surface area contributed by atoms with E-state index in [0.29, 0.717) is 17.9 Å². The van der Waals surface area contributed by atoms with E-state index in [9.17, 15) is 10.2 Å². The summed E-state index contributed by atoms with van der Waals surface area (Å²) in [5.41, 5.74) is 1.95. The topological polar surface area (TPSA) is 40.5 Å². The standard InChI is InChI=1S/C19H20Br4O2/c1-3-4-5-6-19(2,11-7-13(20)17(24)14(21)8-11)12-9-15(22)18(25)16(23)10-12/h7-10,24-25H,3-6H2,1-2H3. The van der Waals surface area contributed by atoms with Gasteiger partial charge in [0.2, 0.25) is 0 Å². The lowest BCUT2D eigenvalue weighted by atomic mass is 9.72. The molecule has 0 fully saturated rings. The molecule has 2 aromatic rings. The summed E-state index contributed by atoms with van der Waals surface area (Å²) >= 11 is 13.8. The Kier molecular flexibility index (Phi) is 7.45. The molecule has 0 atom stereocenters. The molecule has 6 heteroatoms. The summed E-state index contributed by atoms with van der Waals surface area (Å²) in [7, 11) is 0. The monoisotopic (exact) mass is 596 g/mol. The summed E-state index contributed by atoms with van der Waals surface area (Å²) in [6.07, 6.45) is 4.38. The zero-order valence-electron chi connectivity index (χ0n) is 14.0. The van der Waals surface area contributed by atoms with Crippen LogP contribution in [0, 0.1) is 0 Å². The predicted octanol–water partition coefficient (Wildman–Crippen LogP) is 8.03. The van der Waals surface area contributed by atoms with Gasteiger partial charge in [0.15, 0.2) is 0 Å². The summed E-state index contributed by atoms with van der Waals surface area (Å²) < 4.78 is 2.65. The van der Waals surface area contributed by atoms with Crippen molar-refractivity contribution in [2.24, 2.45) is 0 Å². The molecule has 0 radical (unpaired) electrons. The highest BCUT2D eigenvalue weighted by molar-refractivity contribution is 9.11. The molecule has 2 nitrogen and oxygen atoms in total. The van der Waals surface area contributed by atoms with Crippen LogP contribution in [0.1, 0.15) is 50.7 Å². The van der Waals surface area contributed by atoms with Crippen molar-refractivity contribution < 1.29 is 10.2 Å². The maximum absolute atomic E-state index is 10.1. The molecule has 25 heavy (non-hydrogen) atoms. The molecule has 0 spiro atoms. The highest BCUT2D eigenvalue weighted by Gasteiger charge is 2.31. The first kappa shape index (κ1) is 21.3. The van der Waals surface area contributed by atoms with E-state index < -0.39 is 0 Å². The van der Waals surface area contributed by atoms with Gasteiger partial charge in [-0.05, 0) is 106 Å². The predicted molar refractivity (Wildman–Crippen MR) is 118 cm³/mol. The molecule has 0 unspecified atom stereocenters. The molecule has 0 aliphatic rings. The van der Waals surface area contributed by atoms with Gasteiger partial charge in [-0.25, -0.2) is 0 Å². The molecule has 0 aliphatic heterocycles. The summed E-state index contributed by atoms with van der Waals surface area (Å²) in [6, 6.07) is 7.89. The first-order chi connectivity index (χ1) is 11.7. The number of halogens is 4. The molecule has 136 valence electrons. The SMILES string of the molecule is CCCCCC(C)(c1cc(Br)c(O)c(Br)c1)c1cc(Br)c(O)c(Br)c1. The third kappa shape index (κ3) is 4.63. The van der Waals surface area contributed by atoms with Crippen LogP contribution in [0.3, 0.4) is 0 Å². The number of rotatable bonds is 6. The lowest BCUT2D eigenvalue weighted by Crippen LogP contribution is -2.24. The summed E-state index contributed by atoms with van der Waals surface area (Å²) in [4.78, 5) is 0. The Hall–Kier alpha value is -0.0400. The largest absolute Gasteiger partial charge is 0.506 e. The maximum Gasteiger partial charge on any atom is 0.143 e. The second kappa shape index (κ2) is 8.77. The van der Waals surface area contributed by atoms with E-state index in [0.717, 1.165) is 36.8 Å². The number of hydrogen-bond donors (Lipinski definition) is 2. The molecule has 0 saturated heterocycles. The summed E-state index contributed by atoms with van der Waals surface area (Å²) in [6.45, 7) is 4.40. The van der Waals surface area contributed by atoms with E-state index in [-0.39, 0.29) is 16.9 Å². The van der Waals surface area contributed by atoms with E-state index in [1.807, 2.05) is 24.3 Å². The third-order valence-corrected chi connectivity index (χ3v) is 7.01. The minimum atomic E-state index is -0.257. The van der Waals surface area contributed by atoms with Crippen LogP contribution in [0.25, 0.3) is 0 Å². The van der Waals surface area contributed by atoms with E-state index >= 15 is 0 Å². The highest BCUT2D eigenvalue weighted by atomic mass is 79.9. The van der Waals surface area contributed by atoms with Gasteiger partial charge in [0.1, 0.15) is 11.5 Å². The number of aromatic hydroxyl groups is 2. The van der Waals surface area contributed by atoms with Gasteiger partial charge in [-0.15, -0.1) is 0 Å². The Bertz CT molecular complexity index is 671. The summed E-state index contributed by atoms with van der Waals surface area (Å²) in [5.74, 6) is 0.403. The third-order valence-electron chi connectivity index (χ3n) is 4.59. The smallest absolute Gasteiger partial charge is 0.143 e. The van der Waals surface area contributed by atoms with Gasteiger partial charge in [0, 0.05) is 5.41 Å². The van der Waals surface area contributed by atoms with Crippen molar-refractivity contribution in [2.75, 3.05) is 0 Å². The first-order valence-corrected chi connectivity index (χ1v) is 11.2. The second-order valence-electron chi connectivity index (χ2n) is 6.37. The Morgan fingerprint density at radius 1 is 0.760 bits per heavy atom. The van der Waals surface area contributed by atoms with Gasteiger partial charge in [0.05, 0.1) is 17.9 Å². The lowest BCUT2D eigenvalue weighted by Gasteiger charge is -2.32. The van der Waals surface area contributed by atoms with E-state index in [2.05, 4.69) is 77.6 Å². The van der Waals surface area contributed by atoms with Crippen molar-refractivity contribution in [1.29, 1.82) is 0 Å². The minimum Gasteiger partial charge on any atom is -0.506 e. The Balaban J connectivity index is 2.62. The quantitative estimate of drug-likeness (QED) is 0.330. The molecule has 0 saturated carbocycles.